The van der Waals surface area contributed by atoms with E-state index in [0.29, 0.717) is 16.9 Å². The predicted molar refractivity (Wildman–Crippen MR) is 73.6 cm³/mol. The fraction of sp³-hybridized carbons (Fsp3) is 0.571. The Balaban J connectivity index is 1.99. The zero-order valence-electron chi connectivity index (χ0n) is 10.8. The number of benzene rings is 1. The summed E-state index contributed by atoms with van der Waals surface area (Å²) in [6, 6.07) is 7.64. The number of alkyl halides is 3. The van der Waals surface area contributed by atoms with E-state index in [1.54, 1.807) is 12.1 Å². The number of anilines is 1. The van der Waals surface area contributed by atoms with Crippen molar-refractivity contribution in [3.8, 4) is 0 Å². The third-order valence-corrected chi connectivity index (χ3v) is 4.47. The Labute approximate surface area is 116 Å². The van der Waals surface area contributed by atoms with Gasteiger partial charge in [-0.05, 0) is 37.3 Å². The van der Waals surface area contributed by atoms with Gasteiger partial charge in [0, 0.05) is 16.6 Å². The lowest BCUT2D eigenvalue weighted by atomic mass is 10.1. The van der Waals surface area contributed by atoms with E-state index in [-0.39, 0.29) is 0 Å². The molecular formula is C14H18F3NS. The largest absolute Gasteiger partial charge is 0.398 e. The van der Waals surface area contributed by atoms with E-state index in [9.17, 15) is 13.2 Å². The normalized spacial score (nSPS) is 23.6. The first-order chi connectivity index (χ1) is 8.94. The van der Waals surface area contributed by atoms with E-state index in [1.807, 2.05) is 12.1 Å². The van der Waals surface area contributed by atoms with Gasteiger partial charge in [0.1, 0.15) is 0 Å². The number of para-hydroxylation sites is 1. The molecular weight excluding hydrogens is 271 g/mol. The summed E-state index contributed by atoms with van der Waals surface area (Å²) in [4.78, 5) is 0.680. The molecule has 0 saturated heterocycles. The molecule has 1 nitrogen and oxygen atoms in total. The monoisotopic (exact) mass is 289 g/mol. The highest BCUT2D eigenvalue weighted by molar-refractivity contribution is 7.99. The van der Waals surface area contributed by atoms with Gasteiger partial charge in [0.15, 0.2) is 0 Å². The highest BCUT2D eigenvalue weighted by Crippen LogP contribution is 2.34. The highest BCUT2D eigenvalue weighted by atomic mass is 32.2. The number of hydrogen-bond acceptors (Lipinski definition) is 2. The van der Waals surface area contributed by atoms with Crippen LogP contribution < -0.4 is 5.32 Å². The summed E-state index contributed by atoms with van der Waals surface area (Å²) >= 11 is 0.851. The van der Waals surface area contributed by atoms with Crippen LogP contribution in [0.5, 0.6) is 0 Å². The van der Waals surface area contributed by atoms with E-state index < -0.39 is 11.9 Å². The van der Waals surface area contributed by atoms with Crippen LogP contribution in [0.1, 0.15) is 26.2 Å². The van der Waals surface area contributed by atoms with Gasteiger partial charge in [0.05, 0.1) is 5.75 Å². The predicted octanol–water partition coefficient (Wildman–Crippen LogP) is 4.94. The molecule has 1 aliphatic carbocycles. The topological polar surface area (TPSA) is 12.0 Å². The van der Waals surface area contributed by atoms with Crippen LogP contribution in [-0.4, -0.2) is 18.0 Å². The number of thioether (sulfide) groups is 1. The fourth-order valence-electron chi connectivity index (χ4n) is 2.43. The number of halogens is 3. The van der Waals surface area contributed by atoms with Crippen molar-refractivity contribution >= 4 is 17.4 Å². The Kier molecular flexibility index (Phi) is 4.66. The minimum Gasteiger partial charge on any atom is -0.381 e. The Bertz CT molecular complexity index is 419. The molecule has 5 heteroatoms. The molecule has 1 N–H and O–H groups in total. The maximum absolute atomic E-state index is 12.3. The third kappa shape index (κ3) is 4.64. The van der Waals surface area contributed by atoms with Gasteiger partial charge in [-0.1, -0.05) is 19.1 Å². The van der Waals surface area contributed by atoms with Crippen LogP contribution in [0, 0.1) is 5.92 Å². The summed E-state index contributed by atoms with van der Waals surface area (Å²) in [5.41, 5.74) is 0.829. The first-order valence-corrected chi connectivity index (χ1v) is 7.48. The zero-order valence-corrected chi connectivity index (χ0v) is 11.7. The standard InChI is InChI=1S/C14H18F3NS/c1-10-6-7-11(8-10)18-12-4-2-3-5-13(12)19-9-14(15,16)17/h2-5,10-11,18H,6-9H2,1H3. The lowest BCUT2D eigenvalue weighted by molar-refractivity contribution is -0.105. The van der Waals surface area contributed by atoms with Gasteiger partial charge in [0.25, 0.3) is 0 Å². The van der Waals surface area contributed by atoms with E-state index in [2.05, 4.69) is 12.2 Å². The Morgan fingerprint density at radius 1 is 1.26 bits per heavy atom. The molecule has 1 aromatic rings. The smallest absolute Gasteiger partial charge is 0.381 e. The molecule has 2 atom stereocenters. The first-order valence-electron chi connectivity index (χ1n) is 6.49. The van der Waals surface area contributed by atoms with Crippen molar-refractivity contribution in [2.24, 2.45) is 5.92 Å². The molecule has 0 bridgehead atoms. The fourth-order valence-corrected chi connectivity index (χ4v) is 3.21. The molecule has 0 radical (unpaired) electrons. The molecule has 19 heavy (non-hydrogen) atoms. The van der Waals surface area contributed by atoms with Gasteiger partial charge in [0.2, 0.25) is 0 Å². The van der Waals surface area contributed by atoms with Gasteiger partial charge >= 0.3 is 6.18 Å². The summed E-state index contributed by atoms with van der Waals surface area (Å²) in [5, 5.41) is 3.39. The van der Waals surface area contributed by atoms with Gasteiger partial charge in [-0.25, -0.2) is 0 Å². The SMILES string of the molecule is CC1CCC(Nc2ccccc2SCC(F)(F)F)C1. The molecule has 2 rings (SSSR count). The van der Waals surface area contributed by atoms with Crippen molar-refractivity contribution in [2.45, 2.75) is 43.3 Å². The van der Waals surface area contributed by atoms with Crippen molar-refractivity contribution in [1.82, 2.24) is 0 Å². The lowest BCUT2D eigenvalue weighted by Crippen LogP contribution is -2.16. The molecule has 0 heterocycles. The lowest BCUT2D eigenvalue weighted by Gasteiger charge is -2.17. The molecule has 0 spiro atoms. The summed E-state index contributed by atoms with van der Waals surface area (Å²) < 4.78 is 36.9. The second-order valence-corrected chi connectivity index (χ2v) is 6.18. The van der Waals surface area contributed by atoms with Crippen molar-refractivity contribution < 1.29 is 13.2 Å². The van der Waals surface area contributed by atoms with Crippen LogP contribution in [0.2, 0.25) is 0 Å². The number of hydrogen-bond donors (Lipinski definition) is 1. The van der Waals surface area contributed by atoms with Crippen molar-refractivity contribution in [1.29, 1.82) is 0 Å². The molecule has 1 aromatic carbocycles. The van der Waals surface area contributed by atoms with Crippen LogP contribution in [-0.2, 0) is 0 Å². The van der Waals surface area contributed by atoms with Crippen LogP contribution in [0.15, 0.2) is 29.2 Å². The van der Waals surface area contributed by atoms with Gasteiger partial charge in [-0.15, -0.1) is 11.8 Å². The minimum absolute atomic E-state index is 0.391. The second kappa shape index (κ2) is 6.07. The maximum Gasteiger partial charge on any atom is 0.398 e. The maximum atomic E-state index is 12.3. The Morgan fingerprint density at radius 3 is 2.63 bits per heavy atom. The molecule has 1 fully saturated rings. The summed E-state index contributed by atoms with van der Waals surface area (Å²) in [6.07, 6.45) is -0.743. The molecule has 1 aliphatic rings. The first kappa shape index (κ1) is 14.6. The number of nitrogens with one attached hydrogen (secondary N) is 1. The highest BCUT2D eigenvalue weighted by Gasteiger charge is 2.28. The molecule has 1 saturated carbocycles. The van der Waals surface area contributed by atoms with Crippen molar-refractivity contribution in [3.05, 3.63) is 24.3 Å². The van der Waals surface area contributed by atoms with E-state index in [1.165, 1.54) is 6.42 Å². The van der Waals surface area contributed by atoms with E-state index in [4.69, 9.17) is 0 Å². The van der Waals surface area contributed by atoms with Gasteiger partial charge < -0.3 is 5.32 Å². The second-order valence-electron chi connectivity index (χ2n) is 5.16. The molecule has 0 amide bonds. The molecule has 2 unspecified atom stereocenters. The quantitative estimate of drug-likeness (QED) is 0.788. The van der Waals surface area contributed by atoms with Crippen LogP contribution >= 0.6 is 11.8 Å². The van der Waals surface area contributed by atoms with Crippen LogP contribution in [0.4, 0.5) is 18.9 Å². The average molecular weight is 289 g/mol. The zero-order chi connectivity index (χ0) is 13.9. The van der Waals surface area contributed by atoms with Gasteiger partial charge in [-0.2, -0.15) is 13.2 Å². The average Bonchev–Trinajstić information content (AvgIpc) is 2.73. The van der Waals surface area contributed by atoms with Gasteiger partial charge in [-0.3, -0.25) is 0 Å². The van der Waals surface area contributed by atoms with E-state index >= 15 is 0 Å². The Hall–Kier alpha value is -0.840. The Morgan fingerprint density at radius 2 is 2.00 bits per heavy atom. The molecule has 0 aliphatic heterocycles. The number of rotatable bonds is 4. The van der Waals surface area contributed by atoms with Crippen molar-refractivity contribution in [3.63, 3.8) is 0 Å². The van der Waals surface area contributed by atoms with E-state index in [0.717, 1.165) is 30.3 Å². The van der Waals surface area contributed by atoms with Crippen molar-refractivity contribution in [2.75, 3.05) is 11.1 Å². The van der Waals surface area contributed by atoms with Crippen LogP contribution in [0.3, 0.4) is 0 Å². The van der Waals surface area contributed by atoms with Crippen LogP contribution in [0.25, 0.3) is 0 Å². The summed E-state index contributed by atoms with van der Waals surface area (Å²) in [7, 11) is 0. The summed E-state index contributed by atoms with van der Waals surface area (Å²) in [5.74, 6) is -0.139. The molecule has 106 valence electrons. The third-order valence-electron chi connectivity index (χ3n) is 3.33. The minimum atomic E-state index is -4.13. The summed E-state index contributed by atoms with van der Waals surface area (Å²) in [6.45, 7) is 2.21. The molecule has 0 aromatic heterocycles.